The Morgan fingerprint density at radius 2 is 1.73 bits per heavy atom. The highest BCUT2D eigenvalue weighted by Gasteiger charge is 2.36. The summed E-state index contributed by atoms with van der Waals surface area (Å²) in [5.74, 6) is -3.43. The van der Waals surface area contributed by atoms with E-state index < -0.39 is 36.1 Å². The van der Waals surface area contributed by atoms with Crippen LogP contribution < -0.4 is 15.8 Å². The van der Waals surface area contributed by atoms with Crippen molar-refractivity contribution in [3.8, 4) is 0 Å². The minimum absolute atomic E-state index is 0.0713. The topological polar surface area (TPSA) is 105 Å². The van der Waals surface area contributed by atoms with E-state index in [2.05, 4.69) is 26.8 Å². The second-order valence-corrected chi connectivity index (χ2v) is 7.41. The number of carbonyl (C=O) groups excluding carboxylic acids is 4. The first-order valence-corrected chi connectivity index (χ1v) is 9.70. The molecule has 0 saturated carbocycles. The molecule has 1 atom stereocenters. The van der Waals surface area contributed by atoms with Gasteiger partial charge in [0.2, 0.25) is 5.91 Å². The highest BCUT2D eigenvalue weighted by molar-refractivity contribution is 9.10. The molecule has 2 N–H and O–H groups in total. The number of nitrogens with one attached hydrogen (secondary N) is 2. The monoisotopic (exact) mass is 477 g/mol. The SMILES string of the molecule is O=C(COC(=O)[C@H]1CC(=O)N(c2ccc(F)cc2)C1)NNC(=O)c1ccc(Br)cc1. The van der Waals surface area contributed by atoms with Crippen molar-refractivity contribution in [3.05, 3.63) is 64.4 Å². The fourth-order valence-corrected chi connectivity index (χ4v) is 3.09. The van der Waals surface area contributed by atoms with Crippen LogP contribution in [0.25, 0.3) is 0 Å². The minimum atomic E-state index is -0.743. The highest BCUT2D eigenvalue weighted by Crippen LogP contribution is 2.26. The molecule has 0 radical (unpaired) electrons. The molecule has 0 aliphatic carbocycles. The van der Waals surface area contributed by atoms with Crippen molar-refractivity contribution in [3.63, 3.8) is 0 Å². The van der Waals surface area contributed by atoms with Gasteiger partial charge in [0.1, 0.15) is 5.82 Å². The van der Waals surface area contributed by atoms with Gasteiger partial charge in [-0.15, -0.1) is 0 Å². The number of hydrogen-bond donors (Lipinski definition) is 2. The van der Waals surface area contributed by atoms with E-state index in [-0.39, 0.29) is 18.9 Å². The fraction of sp³-hybridized carbons (Fsp3) is 0.200. The van der Waals surface area contributed by atoms with Gasteiger partial charge in [-0.05, 0) is 48.5 Å². The molecule has 1 aliphatic rings. The first-order chi connectivity index (χ1) is 14.3. The molecule has 30 heavy (non-hydrogen) atoms. The smallest absolute Gasteiger partial charge is 0.311 e. The summed E-state index contributed by atoms with van der Waals surface area (Å²) >= 11 is 3.25. The summed E-state index contributed by atoms with van der Waals surface area (Å²) in [4.78, 5) is 49.4. The first-order valence-electron chi connectivity index (χ1n) is 8.91. The number of carbonyl (C=O) groups is 4. The lowest BCUT2D eigenvalue weighted by Gasteiger charge is -2.16. The summed E-state index contributed by atoms with van der Waals surface area (Å²) < 4.78 is 18.8. The van der Waals surface area contributed by atoms with Crippen molar-refractivity contribution in [2.45, 2.75) is 6.42 Å². The number of amides is 3. The molecule has 8 nitrogen and oxygen atoms in total. The minimum Gasteiger partial charge on any atom is -0.455 e. The third-order valence-corrected chi connectivity index (χ3v) is 4.89. The molecule has 10 heteroatoms. The quantitative estimate of drug-likeness (QED) is 0.505. The van der Waals surface area contributed by atoms with Crippen LogP contribution in [0.4, 0.5) is 10.1 Å². The summed E-state index contributed by atoms with van der Waals surface area (Å²) in [5.41, 5.74) is 5.17. The van der Waals surface area contributed by atoms with Crippen LogP contribution in [0.1, 0.15) is 16.8 Å². The molecule has 0 unspecified atom stereocenters. The number of hydrogen-bond acceptors (Lipinski definition) is 5. The first kappa shape index (κ1) is 21.4. The van der Waals surface area contributed by atoms with E-state index in [0.29, 0.717) is 11.3 Å². The van der Waals surface area contributed by atoms with Crippen LogP contribution in [-0.2, 0) is 19.1 Å². The van der Waals surface area contributed by atoms with Crippen LogP contribution in [0.3, 0.4) is 0 Å². The molecule has 3 rings (SSSR count). The molecule has 1 aliphatic heterocycles. The molecule has 3 amide bonds. The van der Waals surface area contributed by atoms with Gasteiger partial charge >= 0.3 is 5.97 Å². The van der Waals surface area contributed by atoms with Gasteiger partial charge < -0.3 is 9.64 Å². The van der Waals surface area contributed by atoms with E-state index in [1.807, 2.05) is 0 Å². The van der Waals surface area contributed by atoms with Crippen LogP contribution >= 0.6 is 15.9 Å². The molecule has 1 heterocycles. The van der Waals surface area contributed by atoms with Crippen LogP contribution in [-0.4, -0.2) is 36.8 Å². The third kappa shape index (κ3) is 5.41. The average molecular weight is 478 g/mol. The van der Waals surface area contributed by atoms with Gasteiger partial charge in [-0.3, -0.25) is 30.0 Å². The van der Waals surface area contributed by atoms with E-state index in [1.165, 1.54) is 29.2 Å². The molecule has 2 aromatic carbocycles. The second kappa shape index (κ2) is 9.49. The molecule has 0 bridgehead atoms. The number of nitrogens with zero attached hydrogens (tertiary/aromatic N) is 1. The Kier molecular flexibility index (Phi) is 6.78. The molecule has 156 valence electrons. The van der Waals surface area contributed by atoms with Gasteiger partial charge in [-0.2, -0.15) is 0 Å². The van der Waals surface area contributed by atoms with Gasteiger partial charge in [0.05, 0.1) is 5.92 Å². The number of rotatable bonds is 5. The van der Waals surface area contributed by atoms with Crippen LogP contribution in [0.15, 0.2) is 53.0 Å². The number of anilines is 1. The van der Waals surface area contributed by atoms with Crippen molar-refractivity contribution in [2.24, 2.45) is 5.92 Å². The lowest BCUT2D eigenvalue weighted by atomic mass is 10.1. The lowest BCUT2D eigenvalue weighted by molar-refractivity contribution is -0.152. The number of halogens is 2. The van der Waals surface area contributed by atoms with Crippen molar-refractivity contribution in [2.75, 3.05) is 18.1 Å². The Bertz CT molecular complexity index is 965. The summed E-state index contributed by atoms with van der Waals surface area (Å²) in [6.45, 7) is -0.536. The van der Waals surface area contributed by atoms with Crippen LogP contribution in [0.5, 0.6) is 0 Å². The standard InChI is InChI=1S/C20H17BrFN3O5/c21-14-3-1-12(2-4-14)19(28)24-23-17(26)11-30-20(29)13-9-18(27)25(10-13)16-7-5-15(22)6-8-16/h1-8,13H,9-11H2,(H,23,26)(H,24,28)/t13-/m0/s1. The number of ether oxygens (including phenoxy) is 1. The molecule has 0 spiro atoms. The Labute approximate surface area is 179 Å². The number of benzene rings is 2. The second-order valence-electron chi connectivity index (χ2n) is 6.50. The summed E-state index contributed by atoms with van der Waals surface area (Å²) in [5, 5.41) is 0. The van der Waals surface area contributed by atoms with Gasteiger partial charge in [0.15, 0.2) is 6.61 Å². The van der Waals surface area contributed by atoms with Gasteiger partial charge in [0.25, 0.3) is 11.8 Å². The van der Waals surface area contributed by atoms with E-state index >= 15 is 0 Å². The van der Waals surface area contributed by atoms with E-state index in [0.717, 1.165) is 4.47 Å². The molecular formula is C20H17BrFN3O5. The molecule has 1 saturated heterocycles. The van der Waals surface area contributed by atoms with Crippen molar-refractivity contribution in [1.29, 1.82) is 0 Å². The number of hydrazine groups is 1. The zero-order valence-electron chi connectivity index (χ0n) is 15.6. The molecule has 2 aromatic rings. The summed E-state index contributed by atoms with van der Waals surface area (Å²) in [6.07, 6.45) is -0.0713. The predicted octanol–water partition coefficient (Wildman–Crippen LogP) is 1.95. The average Bonchev–Trinajstić information content (AvgIpc) is 3.13. The maximum absolute atomic E-state index is 13.0. The zero-order valence-corrected chi connectivity index (χ0v) is 17.1. The van der Waals surface area contributed by atoms with Crippen LogP contribution in [0.2, 0.25) is 0 Å². The maximum Gasteiger partial charge on any atom is 0.311 e. The Morgan fingerprint density at radius 1 is 1.07 bits per heavy atom. The predicted molar refractivity (Wildman–Crippen MR) is 108 cm³/mol. The Morgan fingerprint density at radius 3 is 2.40 bits per heavy atom. The third-order valence-electron chi connectivity index (χ3n) is 4.36. The van der Waals surface area contributed by atoms with E-state index in [1.54, 1.807) is 24.3 Å². The maximum atomic E-state index is 13.0. The van der Waals surface area contributed by atoms with E-state index in [9.17, 15) is 23.6 Å². The number of esters is 1. The van der Waals surface area contributed by atoms with Gasteiger partial charge in [-0.1, -0.05) is 15.9 Å². The zero-order chi connectivity index (χ0) is 21.7. The van der Waals surface area contributed by atoms with Crippen molar-refractivity contribution >= 4 is 45.3 Å². The molecule has 1 fully saturated rings. The van der Waals surface area contributed by atoms with Crippen molar-refractivity contribution in [1.82, 2.24) is 10.9 Å². The summed E-state index contributed by atoms with van der Waals surface area (Å²) in [6, 6.07) is 11.8. The highest BCUT2D eigenvalue weighted by atomic mass is 79.9. The lowest BCUT2D eigenvalue weighted by Crippen LogP contribution is -2.43. The van der Waals surface area contributed by atoms with Gasteiger partial charge in [0, 0.05) is 28.7 Å². The normalized spacial score (nSPS) is 15.6. The Hall–Kier alpha value is -3.27. The van der Waals surface area contributed by atoms with Gasteiger partial charge in [-0.25, -0.2) is 4.39 Å². The fourth-order valence-electron chi connectivity index (χ4n) is 2.83. The van der Waals surface area contributed by atoms with Crippen LogP contribution in [0, 0.1) is 11.7 Å². The molecular weight excluding hydrogens is 461 g/mol. The molecule has 0 aromatic heterocycles. The largest absolute Gasteiger partial charge is 0.455 e. The summed E-state index contributed by atoms with van der Waals surface area (Å²) in [7, 11) is 0. The van der Waals surface area contributed by atoms with E-state index in [4.69, 9.17) is 4.74 Å². The van der Waals surface area contributed by atoms with Crippen molar-refractivity contribution < 1.29 is 28.3 Å². The Balaban J connectivity index is 1.44.